The molecule has 4 heterocycles. The van der Waals surface area contributed by atoms with E-state index >= 15 is 4.39 Å². The highest BCUT2D eigenvalue weighted by Crippen LogP contribution is 2.50. The number of anilines is 1. The van der Waals surface area contributed by atoms with Crippen LogP contribution in [0.5, 0.6) is 5.88 Å². The van der Waals surface area contributed by atoms with Crippen molar-refractivity contribution in [3.05, 3.63) is 47.4 Å². The summed E-state index contributed by atoms with van der Waals surface area (Å²) in [6, 6.07) is 7.56. The average Bonchev–Trinajstić information content (AvgIpc) is 3.25. The van der Waals surface area contributed by atoms with Crippen molar-refractivity contribution in [2.75, 3.05) is 72.4 Å². The molecule has 5 rings (SSSR count). The first-order valence-corrected chi connectivity index (χ1v) is 12.5. The maximum absolute atomic E-state index is 15.2. The van der Waals surface area contributed by atoms with Gasteiger partial charge in [-0.25, -0.2) is 9.37 Å². The molecule has 0 saturated carbocycles. The van der Waals surface area contributed by atoms with Gasteiger partial charge in [0.05, 0.1) is 22.6 Å². The van der Waals surface area contributed by atoms with Crippen LogP contribution < -0.4 is 15.0 Å². The van der Waals surface area contributed by atoms with Crippen molar-refractivity contribution < 1.29 is 9.13 Å². The van der Waals surface area contributed by atoms with Crippen LogP contribution in [0.15, 0.2) is 35.5 Å². The number of nitrogens with one attached hydrogen (secondary N) is 1. The molecule has 2 fully saturated rings. The highest BCUT2D eigenvalue weighted by Gasteiger charge is 2.51. The Balaban J connectivity index is 1.50. The molecule has 1 unspecified atom stereocenters. The Kier molecular flexibility index (Phi) is 6.32. The number of hydrogen-bond acceptors (Lipinski definition) is 7. The second kappa shape index (κ2) is 9.15. The predicted molar refractivity (Wildman–Crippen MR) is 139 cm³/mol. The number of nitrogens with zero attached hydrogens (tertiary/aromatic N) is 5. The van der Waals surface area contributed by atoms with Crippen molar-refractivity contribution in [1.82, 2.24) is 20.1 Å². The lowest BCUT2D eigenvalue weighted by molar-refractivity contribution is 0.0160. The van der Waals surface area contributed by atoms with E-state index in [0.717, 1.165) is 55.2 Å². The lowest BCUT2D eigenvalue weighted by atomic mass is 9.78. The van der Waals surface area contributed by atoms with Crippen molar-refractivity contribution in [1.29, 1.82) is 0 Å². The van der Waals surface area contributed by atoms with Crippen molar-refractivity contribution in [2.45, 2.75) is 25.3 Å². The van der Waals surface area contributed by atoms with Gasteiger partial charge in [-0.05, 0) is 52.2 Å². The molecule has 7 nitrogen and oxygen atoms in total. The molecule has 1 N–H and O–H groups in total. The molecule has 0 amide bonds. The first-order valence-electron chi connectivity index (χ1n) is 12.5. The Morgan fingerprint density at radius 1 is 1.20 bits per heavy atom. The number of aromatic nitrogens is 1. The van der Waals surface area contributed by atoms with Crippen LogP contribution in [0.2, 0.25) is 0 Å². The second-order valence-electron chi connectivity index (χ2n) is 10.9. The van der Waals surface area contributed by atoms with E-state index in [1.807, 2.05) is 50.4 Å². The number of pyridine rings is 1. The molecule has 0 radical (unpaired) electrons. The molecule has 1 atom stereocenters. The molecule has 2 aromatic rings. The van der Waals surface area contributed by atoms with E-state index in [-0.39, 0.29) is 11.4 Å². The minimum atomic E-state index is -0.336. The quantitative estimate of drug-likeness (QED) is 0.614. The first-order chi connectivity index (χ1) is 16.7. The minimum Gasteiger partial charge on any atom is -0.476 e. The highest BCUT2D eigenvalue weighted by molar-refractivity contribution is 6.04. The smallest absolute Gasteiger partial charge is 0.213 e. The monoisotopic (exact) mass is 480 g/mol. The van der Waals surface area contributed by atoms with E-state index in [4.69, 9.17) is 9.73 Å². The van der Waals surface area contributed by atoms with Gasteiger partial charge in [-0.15, -0.1) is 0 Å². The standard InChI is InChI=1S/C27H37FN6O/c1-26(34-10-8-27(18-34)16-33(5)17-27)14-23(19-6-7-25(30-15-19)35-11-9-29-2)31-22-13-24(32(3)4)21(28)12-20(22)26/h6-7,12-13,15,29H,8-11,14,16-18H2,1-5H3. The summed E-state index contributed by atoms with van der Waals surface area (Å²) in [5.41, 5.74) is 4.38. The van der Waals surface area contributed by atoms with Crippen molar-refractivity contribution in [2.24, 2.45) is 10.4 Å². The Bertz CT molecular complexity index is 1110. The number of rotatable bonds is 7. The third kappa shape index (κ3) is 4.43. The van der Waals surface area contributed by atoms with Gasteiger partial charge in [-0.3, -0.25) is 9.89 Å². The number of likely N-dealkylation sites (N-methyl/N-ethyl adjacent to an activating group) is 1. The number of hydrogen-bond donors (Lipinski definition) is 1. The van der Waals surface area contributed by atoms with E-state index in [1.54, 1.807) is 6.07 Å². The summed E-state index contributed by atoms with van der Waals surface area (Å²) in [6.45, 7) is 7.93. The van der Waals surface area contributed by atoms with Crippen LogP contribution in [0.4, 0.5) is 15.8 Å². The third-order valence-corrected chi connectivity index (χ3v) is 7.91. The van der Waals surface area contributed by atoms with Crippen LogP contribution in [-0.4, -0.2) is 88.0 Å². The van der Waals surface area contributed by atoms with E-state index in [1.165, 1.54) is 6.42 Å². The van der Waals surface area contributed by atoms with Gasteiger partial charge in [0.15, 0.2) is 0 Å². The van der Waals surface area contributed by atoms with Crippen molar-refractivity contribution in [3.8, 4) is 5.88 Å². The Morgan fingerprint density at radius 3 is 2.66 bits per heavy atom. The molecular formula is C27H37FN6O. The van der Waals surface area contributed by atoms with Crippen LogP contribution in [0, 0.1) is 11.2 Å². The molecule has 3 aliphatic rings. The molecule has 3 aliphatic heterocycles. The van der Waals surface area contributed by atoms with Crippen LogP contribution in [-0.2, 0) is 5.54 Å². The Labute approximate surface area is 208 Å². The molecule has 2 saturated heterocycles. The molecule has 1 spiro atoms. The fourth-order valence-corrected chi connectivity index (χ4v) is 6.08. The summed E-state index contributed by atoms with van der Waals surface area (Å²) >= 11 is 0. The predicted octanol–water partition coefficient (Wildman–Crippen LogP) is 3.26. The second-order valence-corrected chi connectivity index (χ2v) is 10.9. The molecule has 35 heavy (non-hydrogen) atoms. The fourth-order valence-electron chi connectivity index (χ4n) is 6.08. The summed E-state index contributed by atoms with van der Waals surface area (Å²) in [7, 11) is 7.82. The number of benzene rings is 1. The molecule has 8 heteroatoms. The van der Waals surface area contributed by atoms with Gasteiger partial charge in [0.1, 0.15) is 12.4 Å². The Morgan fingerprint density at radius 2 is 2.00 bits per heavy atom. The van der Waals surface area contributed by atoms with Crippen LogP contribution in [0.1, 0.15) is 30.9 Å². The van der Waals surface area contributed by atoms with Crippen LogP contribution >= 0.6 is 0 Å². The largest absolute Gasteiger partial charge is 0.476 e. The maximum Gasteiger partial charge on any atom is 0.213 e. The van der Waals surface area contributed by atoms with E-state index in [9.17, 15) is 0 Å². The fraction of sp³-hybridized carbons (Fsp3) is 0.556. The number of fused-ring (bicyclic) bond motifs is 1. The summed E-state index contributed by atoms with van der Waals surface area (Å²) < 4.78 is 20.9. The Hall–Kier alpha value is -2.55. The average molecular weight is 481 g/mol. The topological polar surface area (TPSA) is 56.2 Å². The molecule has 0 bridgehead atoms. The molecule has 188 valence electrons. The van der Waals surface area contributed by atoms with Crippen LogP contribution in [0.3, 0.4) is 0 Å². The van der Waals surface area contributed by atoms with Gasteiger partial charge in [0.25, 0.3) is 0 Å². The number of aliphatic imine (C=N–C) groups is 1. The summed E-state index contributed by atoms with van der Waals surface area (Å²) in [4.78, 5) is 16.4. The third-order valence-electron chi connectivity index (χ3n) is 7.91. The minimum absolute atomic E-state index is 0.194. The summed E-state index contributed by atoms with van der Waals surface area (Å²) in [5, 5.41) is 3.07. The van der Waals surface area contributed by atoms with Gasteiger partial charge < -0.3 is 19.9 Å². The first kappa shape index (κ1) is 24.2. The zero-order chi connectivity index (χ0) is 24.8. The van der Waals surface area contributed by atoms with E-state index < -0.39 is 0 Å². The van der Waals surface area contributed by atoms with Gasteiger partial charge >= 0.3 is 0 Å². The van der Waals surface area contributed by atoms with E-state index in [0.29, 0.717) is 30.0 Å². The summed E-state index contributed by atoms with van der Waals surface area (Å²) in [5.74, 6) is 0.414. The molecule has 1 aromatic carbocycles. The lowest BCUT2D eigenvalue weighted by Crippen LogP contribution is -2.57. The molecule has 0 aliphatic carbocycles. The molecular weight excluding hydrogens is 443 g/mol. The van der Waals surface area contributed by atoms with Gasteiger partial charge in [0, 0.05) is 75.5 Å². The number of ether oxygens (including phenoxy) is 1. The van der Waals surface area contributed by atoms with Crippen molar-refractivity contribution >= 4 is 17.1 Å². The number of likely N-dealkylation sites (tertiary alicyclic amines) is 2. The van der Waals surface area contributed by atoms with Gasteiger partial charge in [-0.1, -0.05) is 0 Å². The van der Waals surface area contributed by atoms with Gasteiger partial charge in [-0.2, -0.15) is 0 Å². The zero-order valence-corrected chi connectivity index (χ0v) is 21.6. The van der Waals surface area contributed by atoms with Crippen LogP contribution in [0.25, 0.3) is 0 Å². The SMILES string of the molecule is CNCCOc1ccc(C2=Nc3cc(N(C)C)c(F)cc3C(C)(N3CCC4(CN(C)C4)C3)C2)cn1. The maximum atomic E-state index is 15.2. The van der Waals surface area contributed by atoms with E-state index in [2.05, 4.69) is 34.1 Å². The normalized spacial score (nSPS) is 23.7. The zero-order valence-electron chi connectivity index (χ0n) is 21.6. The van der Waals surface area contributed by atoms with Gasteiger partial charge in [0.2, 0.25) is 5.88 Å². The molecule has 1 aromatic heterocycles. The highest BCUT2D eigenvalue weighted by atomic mass is 19.1. The van der Waals surface area contributed by atoms with Crippen molar-refractivity contribution in [3.63, 3.8) is 0 Å². The summed E-state index contributed by atoms with van der Waals surface area (Å²) in [6.07, 6.45) is 3.75. The number of halogens is 1. The lowest BCUT2D eigenvalue weighted by Gasteiger charge is -2.48.